The van der Waals surface area contributed by atoms with Gasteiger partial charge in [0, 0.05) is 36.2 Å². The van der Waals surface area contributed by atoms with Gasteiger partial charge in [0.15, 0.2) is 0 Å². The number of carbonyl (C=O) groups is 1. The van der Waals surface area contributed by atoms with Crippen molar-refractivity contribution in [3.05, 3.63) is 20.7 Å². The normalized spacial score (nSPS) is 12.3. The van der Waals surface area contributed by atoms with E-state index in [2.05, 4.69) is 10.3 Å². The van der Waals surface area contributed by atoms with Gasteiger partial charge in [-0.25, -0.2) is 4.79 Å². The van der Waals surface area contributed by atoms with E-state index < -0.39 is 5.60 Å². The molecular weight excluding hydrogens is 302 g/mol. The summed E-state index contributed by atoms with van der Waals surface area (Å²) in [6, 6.07) is 0. The van der Waals surface area contributed by atoms with Crippen molar-refractivity contribution < 1.29 is 9.53 Å². The number of aromatic nitrogens is 1. The van der Waals surface area contributed by atoms with Gasteiger partial charge in [-0.1, -0.05) is 11.3 Å². The van der Waals surface area contributed by atoms with Crippen LogP contribution in [0.1, 0.15) is 47.2 Å². The van der Waals surface area contributed by atoms with Crippen molar-refractivity contribution in [3.63, 3.8) is 0 Å². The molecule has 0 saturated heterocycles. The molecule has 0 bridgehead atoms. The van der Waals surface area contributed by atoms with E-state index in [-0.39, 0.29) is 16.5 Å². The van der Waals surface area contributed by atoms with Crippen molar-refractivity contribution in [2.24, 2.45) is 0 Å². The van der Waals surface area contributed by atoms with Gasteiger partial charge in [0.05, 0.1) is 0 Å². The molecule has 0 fully saturated rings. The fourth-order valence-electron chi connectivity index (χ4n) is 1.83. The SMILES string of the molecule is CC(C)(C)OC(=O)N(CCNCc1csc(=O)[nH]1)C(C)(C)C. The van der Waals surface area contributed by atoms with Crippen LogP contribution in [0.5, 0.6) is 0 Å². The number of ether oxygens (including phenoxy) is 1. The van der Waals surface area contributed by atoms with E-state index in [1.54, 1.807) is 10.3 Å². The third kappa shape index (κ3) is 6.62. The number of nitrogens with zero attached hydrogens (tertiary/aromatic N) is 1. The van der Waals surface area contributed by atoms with Gasteiger partial charge in [0.25, 0.3) is 0 Å². The molecule has 0 radical (unpaired) electrons. The molecule has 22 heavy (non-hydrogen) atoms. The molecule has 1 aromatic heterocycles. The van der Waals surface area contributed by atoms with Gasteiger partial charge in [0.2, 0.25) is 0 Å². The maximum atomic E-state index is 12.3. The minimum atomic E-state index is -0.510. The van der Waals surface area contributed by atoms with Crippen molar-refractivity contribution in [2.45, 2.75) is 59.2 Å². The molecule has 0 atom stereocenters. The zero-order chi connectivity index (χ0) is 17.0. The van der Waals surface area contributed by atoms with Gasteiger partial charge in [-0.15, -0.1) is 0 Å². The summed E-state index contributed by atoms with van der Waals surface area (Å²) in [5.41, 5.74) is 0.0276. The van der Waals surface area contributed by atoms with Crippen LogP contribution in [0, 0.1) is 0 Å². The summed E-state index contributed by atoms with van der Waals surface area (Å²) in [5.74, 6) is 0. The molecule has 0 unspecified atom stereocenters. The van der Waals surface area contributed by atoms with Gasteiger partial charge < -0.3 is 19.9 Å². The Morgan fingerprint density at radius 3 is 2.41 bits per heavy atom. The third-order valence-electron chi connectivity index (χ3n) is 2.82. The van der Waals surface area contributed by atoms with Crippen LogP contribution in [0.15, 0.2) is 10.2 Å². The predicted octanol–water partition coefficient (Wildman–Crippen LogP) is 2.56. The molecule has 0 aliphatic heterocycles. The number of aromatic amines is 1. The average Bonchev–Trinajstić information content (AvgIpc) is 2.70. The molecular formula is C15H27N3O3S. The van der Waals surface area contributed by atoms with E-state index in [9.17, 15) is 9.59 Å². The molecule has 2 N–H and O–H groups in total. The van der Waals surface area contributed by atoms with Crippen molar-refractivity contribution in [3.8, 4) is 0 Å². The number of amides is 1. The summed E-state index contributed by atoms with van der Waals surface area (Å²) >= 11 is 1.15. The highest BCUT2D eigenvalue weighted by Gasteiger charge is 2.30. The average molecular weight is 329 g/mol. The van der Waals surface area contributed by atoms with Crippen LogP contribution in [0.4, 0.5) is 4.79 Å². The molecule has 6 nitrogen and oxygen atoms in total. The maximum absolute atomic E-state index is 12.3. The fourth-order valence-corrected chi connectivity index (χ4v) is 2.41. The van der Waals surface area contributed by atoms with Crippen molar-refractivity contribution in [1.29, 1.82) is 0 Å². The van der Waals surface area contributed by atoms with Gasteiger partial charge in [-0.3, -0.25) is 4.79 Å². The number of thiazole rings is 1. The molecule has 1 amide bonds. The molecule has 0 aliphatic carbocycles. The summed E-state index contributed by atoms with van der Waals surface area (Å²) in [4.78, 5) is 27.8. The lowest BCUT2D eigenvalue weighted by Gasteiger charge is -2.36. The number of hydrogen-bond acceptors (Lipinski definition) is 5. The first kappa shape index (κ1) is 18.7. The minimum absolute atomic E-state index is 0.0538. The first-order valence-corrected chi connectivity index (χ1v) is 8.25. The highest BCUT2D eigenvalue weighted by Crippen LogP contribution is 2.17. The van der Waals surface area contributed by atoms with Crippen LogP contribution in [0.25, 0.3) is 0 Å². The lowest BCUT2D eigenvalue weighted by molar-refractivity contribution is 0.00663. The van der Waals surface area contributed by atoms with Crippen LogP contribution < -0.4 is 10.2 Å². The van der Waals surface area contributed by atoms with Crippen LogP contribution in [-0.2, 0) is 11.3 Å². The second-order valence-corrected chi connectivity index (χ2v) is 8.00. The minimum Gasteiger partial charge on any atom is -0.444 e. The number of rotatable bonds is 5. The maximum Gasteiger partial charge on any atom is 0.410 e. The molecule has 0 aromatic carbocycles. The van der Waals surface area contributed by atoms with Crippen LogP contribution >= 0.6 is 11.3 Å². The van der Waals surface area contributed by atoms with Crippen LogP contribution in [0.3, 0.4) is 0 Å². The molecule has 1 heterocycles. The van der Waals surface area contributed by atoms with Crippen LogP contribution in [0.2, 0.25) is 0 Å². The summed E-state index contributed by atoms with van der Waals surface area (Å²) in [7, 11) is 0. The molecule has 0 aliphatic rings. The lowest BCUT2D eigenvalue weighted by atomic mass is 10.1. The van der Waals surface area contributed by atoms with Crippen molar-refractivity contribution in [1.82, 2.24) is 15.2 Å². The Kier molecular flexibility index (Phi) is 6.19. The monoisotopic (exact) mass is 329 g/mol. The molecule has 0 saturated carbocycles. The standard InChI is InChI=1S/C15H27N3O3S/c1-14(2,3)18(13(20)21-15(4,5)6)8-7-16-9-11-10-22-12(19)17-11/h10,16H,7-9H2,1-6H3,(H,17,19). The van der Waals surface area contributed by atoms with E-state index in [1.807, 2.05) is 41.5 Å². The summed E-state index contributed by atoms with van der Waals surface area (Å²) in [6.45, 7) is 13.2. The Balaban J connectivity index is 2.52. The Labute approximate surface area is 135 Å². The Bertz CT molecular complexity index is 537. The molecule has 7 heteroatoms. The number of H-pyrrole nitrogens is 1. The van der Waals surface area contributed by atoms with E-state index >= 15 is 0 Å². The quantitative estimate of drug-likeness (QED) is 0.814. The number of nitrogens with one attached hydrogen (secondary N) is 2. The van der Waals surface area contributed by atoms with E-state index in [0.717, 1.165) is 17.0 Å². The Morgan fingerprint density at radius 1 is 1.32 bits per heavy atom. The van der Waals surface area contributed by atoms with Gasteiger partial charge in [-0.05, 0) is 41.5 Å². The smallest absolute Gasteiger partial charge is 0.410 e. The molecule has 0 spiro atoms. The molecule has 126 valence electrons. The largest absolute Gasteiger partial charge is 0.444 e. The third-order valence-corrected chi connectivity index (χ3v) is 3.54. The second-order valence-electron chi connectivity index (χ2n) is 7.15. The molecule has 1 rings (SSSR count). The zero-order valence-electron chi connectivity index (χ0n) is 14.3. The van der Waals surface area contributed by atoms with E-state index in [0.29, 0.717) is 19.6 Å². The highest BCUT2D eigenvalue weighted by molar-refractivity contribution is 7.07. The summed E-state index contributed by atoms with van der Waals surface area (Å²) in [6.07, 6.45) is -0.314. The van der Waals surface area contributed by atoms with Crippen molar-refractivity contribution in [2.75, 3.05) is 13.1 Å². The lowest BCUT2D eigenvalue weighted by Crippen LogP contribution is -2.50. The Morgan fingerprint density at radius 2 is 1.95 bits per heavy atom. The predicted molar refractivity (Wildman–Crippen MR) is 89.3 cm³/mol. The highest BCUT2D eigenvalue weighted by atomic mass is 32.1. The summed E-state index contributed by atoms with van der Waals surface area (Å²) < 4.78 is 5.46. The number of hydrogen-bond donors (Lipinski definition) is 2. The van der Waals surface area contributed by atoms with Crippen molar-refractivity contribution >= 4 is 17.4 Å². The first-order valence-electron chi connectivity index (χ1n) is 7.37. The topological polar surface area (TPSA) is 74.4 Å². The van der Waals surface area contributed by atoms with Gasteiger partial charge >= 0.3 is 11.0 Å². The summed E-state index contributed by atoms with van der Waals surface area (Å²) in [5, 5.41) is 5.02. The number of carbonyl (C=O) groups excluding carboxylic acids is 1. The van der Waals surface area contributed by atoms with E-state index in [1.165, 1.54) is 0 Å². The van der Waals surface area contributed by atoms with Gasteiger partial charge in [-0.2, -0.15) is 0 Å². The van der Waals surface area contributed by atoms with Gasteiger partial charge in [0.1, 0.15) is 5.60 Å². The first-order chi connectivity index (χ1) is 9.99. The zero-order valence-corrected chi connectivity index (χ0v) is 15.1. The molecule has 1 aromatic rings. The van der Waals surface area contributed by atoms with Crippen LogP contribution in [-0.4, -0.2) is 40.2 Å². The second kappa shape index (κ2) is 7.28. The van der Waals surface area contributed by atoms with E-state index in [4.69, 9.17) is 4.74 Å². The Hall–Kier alpha value is -1.34. The fraction of sp³-hybridized carbons (Fsp3) is 0.733.